The second-order valence-electron chi connectivity index (χ2n) is 6.16. The fourth-order valence-corrected chi connectivity index (χ4v) is 3.17. The monoisotopic (exact) mass is 388 g/mol. The Morgan fingerprint density at radius 3 is 2.89 bits per heavy atom. The summed E-state index contributed by atoms with van der Waals surface area (Å²) in [6, 6.07) is 8.69. The molecule has 2 aromatic carbocycles. The van der Waals surface area contributed by atoms with Gasteiger partial charge in [0.15, 0.2) is 11.9 Å². The van der Waals surface area contributed by atoms with Gasteiger partial charge in [0.25, 0.3) is 0 Å². The first-order valence-corrected chi connectivity index (χ1v) is 8.76. The number of Topliss-reactive ketones (excluding diaryl/α,β-unsaturated/α-hetero) is 1. The van der Waals surface area contributed by atoms with Crippen molar-refractivity contribution in [2.75, 3.05) is 6.61 Å². The zero-order valence-electron chi connectivity index (χ0n) is 14.0. The third-order valence-corrected chi connectivity index (χ3v) is 4.66. The molecule has 138 valence electrons. The second kappa shape index (κ2) is 7.13. The average molecular weight is 389 g/mol. The normalized spacial score (nSPS) is 19.9. The van der Waals surface area contributed by atoms with Crippen molar-refractivity contribution in [2.24, 2.45) is 0 Å². The molecular formula is C20H14ClFO5. The highest BCUT2D eigenvalue weighted by atomic mass is 35.5. The second-order valence-corrected chi connectivity index (χ2v) is 6.56. The minimum Gasteiger partial charge on any atom is -0.452 e. The molecule has 1 unspecified atom stereocenters. The number of allylic oxidation sites excluding steroid dienone is 1. The van der Waals surface area contributed by atoms with Crippen molar-refractivity contribution in [3.8, 4) is 11.5 Å². The van der Waals surface area contributed by atoms with E-state index in [4.69, 9.17) is 25.8 Å². The molecule has 0 saturated carbocycles. The maximum Gasteiger partial charge on any atom is 0.340 e. The number of hydrogen-bond donors (Lipinski definition) is 0. The van der Waals surface area contributed by atoms with Gasteiger partial charge in [-0.15, -0.1) is 0 Å². The van der Waals surface area contributed by atoms with Crippen molar-refractivity contribution >= 4 is 29.4 Å². The van der Waals surface area contributed by atoms with Crippen LogP contribution in [0.25, 0.3) is 6.08 Å². The molecule has 1 saturated heterocycles. The average Bonchev–Trinajstić information content (AvgIpc) is 3.27. The molecule has 0 N–H and O–H groups in total. The quantitative estimate of drug-likeness (QED) is 0.448. The molecule has 1 atom stereocenters. The smallest absolute Gasteiger partial charge is 0.340 e. The van der Waals surface area contributed by atoms with Crippen molar-refractivity contribution in [1.29, 1.82) is 0 Å². The van der Waals surface area contributed by atoms with Gasteiger partial charge in [0.1, 0.15) is 17.3 Å². The Labute approximate surface area is 159 Å². The van der Waals surface area contributed by atoms with E-state index in [9.17, 15) is 14.0 Å². The Bertz CT molecular complexity index is 943. The van der Waals surface area contributed by atoms with Gasteiger partial charge in [0.2, 0.25) is 5.78 Å². The predicted molar refractivity (Wildman–Crippen MR) is 95.4 cm³/mol. The molecule has 0 aromatic heterocycles. The van der Waals surface area contributed by atoms with E-state index in [0.29, 0.717) is 18.6 Å². The summed E-state index contributed by atoms with van der Waals surface area (Å²) in [6.45, 7) is 0.536. The van der Waals surface area contributed by atoms with Crippen molar-refractivity contribution in [2.45, 2.75) is 18.9 Å². The minimum absolute atomic E-state index is 0.0559. The van der Waals surface area contributed by atoms with Crippen LogP contribution in [0.1, 0.15) is 28.8 Å². The lowest BCUT2D eigenvalue weighted by atomic mass is 10.1. The van der Waals surface area contributed by atoms with Gasteiger partial charge in [-0.3, -0.25) is 4.79 Å². The van der Waals surface area contributed by atoms with Crippen LogP contribution in [0.3, 0.4) is 0 Å². The number of hydrogen-bond acceptors (Lipinski definition) is 5. The Kier molecular flexibility index (Phi) is 4.68. The van der Waals surface area contributed by atoms with Crippen LogP contribution < -0.4 is 9.47 Å². The van der Waals surface area contributed by atoms with Crippen LogP contribution in [-0.2, 0) is 9.53 Å². The maximum atomic E-state index is 14.0. The van der Waals surface area contributed by atoms with Crippen LogP contribution in [-0.4, -0.2) is 24.5 Å². The van der Waals surface area contributed by atoms with Gasteiger partial charge in [-0.25, -0.2) is 9.18 Å². The number of carbonyl (C=O) groups excluding carboxylic acids is 2. The molecule has 0 aliphatic carbocycles. The minimum atomic E-state index is -0.570. The summed E-state index contributed by atoms with van der Waals surface area (Å²) < 4.78 is 30.1. The van der Waals surface area contributed by atoms with E-state index in [1.165, 1.54) is 42.5 Å². The number of benzene rings is 2. The van der Waals surface area contributed by atoms with Gasteiger partial charge in [-0.1, -0.05) is 17.7 Å². The standard InChI is InChI=1S/C20H14ClFO5/c21-14-3-1-4-15(22)13(14)10-18-19(23)12-7-6-11(9-17(12)27-18)26-20(24)16-5-2-8-25-16/h1,3-4,6-7,9-10,16H,2,5,8H2/b18-10-. The van der Waals surface area contributed by atoms with Gasteiger partial charge in [0.05, 0.1) is 10.6 Å². The molecule has 0 bridgehead atoms. The third kappa shape index (κ3) is 3.46. The lowest BCUT2D eigenvalue weighted by Gasteiger charge is -2.09. The summed E-state index contributed by atoms with van der Waals surface area (Å²) in [7, 11) is 0. The van der Waals surface area contributed by atoms with Crippen LogP contribution in [0.15, 0.2) is 42.2 Å². The van der Waals surface area contributed by atoms with Gasteiger partial charge in [-0.2, -0.15) is 0 Å². The lowest BCUT2D eigenvalue weighted by molar-refractivity contribution is -0.144. The van der Waals surface area contributed by atoms with Crippen LogP contribution >= 0.6 is 11.6 Å². The number of esters is 1. The van der Waals surface area contributed by atoms with E-state index in [1.807, 2.05) is 0 Å². The number of fused-ring (bicyclic) bond motifs is 1. The third-order valence-electron chi connectivity index (χ3n) is 4.33. The van der Waals surface area contributed by atoms with Crippen molar-refractivity contribution in [1.82, 2.24) is 0 Å². The number of rotatable bonds is 3. The van der Waals surface area contributed by atoms with Crippen LogP contribution in [0, 0.1) is 5.82 Å². The van der Waals surface area contributed by atoms with E-state index in [0.717, 1.165) is 6.42 Å². The maximum absolute atomic E-state index is 14.0. The molecule has 2 aromatic rings. The largest absolute Gasteiger partial charge is 0.452 e. The first-order chi connectivity index (χ1) is 13.0. The van der Waals surface area contributed by atoms with E-state index < -0.39 is 23.7 Å². The molecular weight excluding hydrogens is 375 g/mol. The summed E-state index contributed by atoms with van der Waals surface area (Å²) in [6.07, 6.45) is 2.13. The van der Waals surface area contributed by atoms with Gasteiger partial charge >= 0.3 is 5.97 Å². The van der Waals surface area contributed by atoms with Crippen LogP contribution in [0.2, 0.25) is 5.02 Å². The highest BCUT2D eigenvalue weighted by molar-refractivity contribution is 6.32. The zero-order valence-corrected chi connectivity index (χ0v) is 14.8. The van der Waals surface area contributed by atoms with E-state index >= 15 is 0 Å². The molecule has 0 spiro atoms. The van der Waals surface area contributed by atoms with Crippen molar-refractivity contribution in [3.63, 3.8) is 0 Å². The number of carbonyl (C=O) groups is 2. The Morgan fingerprint density at radius 1 is 1.30 bits per heavy atom. The molecule has 4 rings (SSSR count). The van der Waals surface area contributed by atoms with Gasteiger partial charge in [-0.05, 0) is 43.2 Å². The fourth-order valence-electron chi connectivity index (χ4n) is 2.96. The molecule has 27 heavy (non-hydrogen) atoms. The number of halogens is 2. The van der Waals surface area contributed by atoms with Gasteiger partial charge in [0, 0.05) is 18.2 Å². The summed E-state index contributed by atoms with van der Waals surface area (Å²) >= 11 is 5.99. The highest BCUT2D eigenvalue weighted by Crippen LogP contribution is 2.36. The molecule has 2 aliphatic heterocycles. The van der Waals surface area contributed by atoms with E-state index in [-0.39, 0.29) is 27.8 Å². The Balaban J connectivity index is 1.57. The summed E-state index contributed by atoms with van der Waals surface area (Å²) in [4.78, 5) is 24.5. The molecule has 5 nitrogen and oxygen atoms in total. The van der Waals surface area contributed by atoms with Crippen LogP contribution in [0.5, 0.6) is 11.5 Å². The van der Waals surface area contributed by atoms with Gasteiger partial charge < -0.3 is 14.2 Å². The molecule has 0 amide bonds. The first kappa shape index (κ1) is 17.7. The van der Waals surface area contributed by atoms with Crippen LogP contribution in [0.4, 0.5) is 4.39 Å². The number of ketones is 1. The lowest BCUT2D eigenvalue weighted by Crippen LogP contribution is -2.24. The van der Waals surface area contributed by atoms with E-state index in [1.54, 1.807) is 0 Å². The molecule has 2 heterocycles. The topological polar surface area (TPSA) is 61.8 Å². The zero-order chi connectivity index (χ0) is 19.0. The molecule has 1 fully saturated rings. The summed E-state index contributed by atoms with van der Waals surface area (Å²) in [5, 5.41) is 0.168. The van der Waals surface area contributed by atoms with E-state index in [2.05, 4.69) is 0 Å². The fraction of sp³-hybridized carbons (Fsp3) is 0.200. The SMILES string of the molecule is O=C1/C(=C/c2c(F)cccc2Cl)Oc2cc(OC(=O)C3CCCO3)ccc21. The molecule has 7 heteroatoms. The molecule has 0 radical (unpaired) electrons. The Hall–Kier alpha value is -2.70. The highest BCUT2D eigenvalue weighted by Gasteiger charge is 2.30. The summed E-state index contributed by atoms with van der Waals surface area (Å²) in [5.41, 5.74) is 0.367. The predicted octanol–water partition coefficient (Wildman–Crippen LogP) is 4.18. The summed E-state index contributed by atoms with van der Waals surface area (Å²) in [5.74, 6) is -1.02. The van der Waals surface area contributed by atoms with Crippen molar-refractivity contribution in [3.05, 3.63) is 64.1 Å². The van der Waals surface area contributed by atoms with Crippen molar-refractivity contribution < 1.29 is 28.2 Å². The Morgan fingerprint density at radius 2 is 2.15 bits per heavy atom. The first-order valence-electron chi connectivity index (χ1n) is 8.38. The molecule has 2 aliphatic rings. The number of ether oxygens (including phenoxy) is 3.